The molecule has 4 heteroatoms. The molecular weight excluding hydrogens is 248 g/mol. The molecule has 0 unspecified atom stereocenters. The van der Waals surface area contributed by atoms with Gasteiger partial charge in [-0.1, -0.05) is 48.8 Å². The quantitative estimate of drug-likeness (QED) is 0.902. The largest absolute Gasteiger partial charge is 0.367 e. The van der Waals surface area contributed by atoms with E-state index in [1.807, 2.05) is 24.3 Å². The molecule has 0 atom stereocenters. The molecule has 2 rings (SSSR count). The number of aryl methyl sites for hydroxylation is 1. The minimum Gasteiger partial charge on any atom is -0.367 e. The van der Waals surface area contributed by atoms with Crippen molar-refractivity contribution in [2.75, 3.05) is 5.73 Å². The molecule has 2 aromatic rings. The molecule has 0 radical (unpaired) electrons. The SMILES string of the molecule is CC(C)CCc1noc(N)c1-c1ccccc1Cl. The third kappa shape index (κ3) is 2.67. The number of anilines is 1. The van der Waals surface area contributed by atoms with E-state index in [0.717, 1.165) is 29.7 Å². The number of aromatic nitrogens is 1. The van der Waals surface area contributed by atoms with Crippen LogP contribution in [-0.2, 0) is 6.42 Å². The summed E-state index contributed by atoms with van der Waals surface area (Å²) in [6.07, 6.45) is 1.89. The van der Waals surface area contributed by atoms with Gasteiger partial charge < -0.3 is 10.3 Å². The zero-order chi connectivity index (χ0) is 13.1. The molecule has 0 aliphatic carbocycles. The highest BCUT2D eigenvalue weighted by atomic mass is 35.5. The van der Waals surface area contributed by atoms with E-state index in [1.165, 1.54) is 0 Å². The number of nitrogens with zero attached hydrogens (tertiary/aromatic N) is 1. The summed E-state index contributed by atoms with van der Waals surface area (Å²) in [6.45, 7) is 4.36. The van der Waals surface area contributed by atoms with E-state index in [0.29, 0.717) is 16.8 Å². The molecule has 0 fully saturated rings. The number of benzene rings is 1. The average Bonchev–Trinajstić information content (AvgIpc) is 2.69. The van der Waals surface area contributed by atoms with Gasteiger partial charge in [-0.2, -0.15) is 0 Å². The van der Waals surface area contributed by atoms with Crippen LogP contribution in [-0.4, -0.2) is 5.16 Å². The molecule has 0 bridgehead atoms. The topological polar surface area (TPSA) is 52.0 Å². The number of rotatable bonds is 4. The standard InChI is InChI=1S/C14H17ClN2O/c1-9(2)7-8-12-13(14(16)18-17-12)10-5-3-4-6-11(10)15/h3-6,9H,7-8,16H2,1-2H3. The van der Waals surface area contributed by atoms with Gasteiger partial charge in [-0.3, -0.25) is 0 Å². The van der Waals surface area contributed by atoms with E-state index < -0.39 is 0 Å². The minimum atomic E-state index is 0.335. The summed E-state index contributed by atoms with van der Waals surface area (Å²) in [5.74, 6) is 0.948. The second-order valence-corrected chi connectivity index (χ2v) is 5.19. The van der Waals surface area contributed by atoms with Gasteiger partial charge in [-0.25, -0.2) is 0 Å². The lowest BCUT2D eigenvalue weighted by molar-refractivity contribution is 0.423. The van der Waals surface area contributed by atoms with Crippen LogP contribution in [0.4, 0.5) is 5.88 Å². The maximum atomic E-state index is 6.20. The van der Waals surface area contributed by atoms with Crippen LogP contribution in [0.15, 0.2) is 28.8 Å². The van der Waals surface area contributed by atoms with Crippen molar-refractivity contribution in [3.8, 4) is 11.1 Å². The first-order valence-electron chi connectivity index (χ1n) is 6.08. The second kappa shape index (κ2) is 5.44. The first kappa shape index (κ1) is 13.0. The van der Waals surface area contributed by atoms with Crippen LogP contribution >= 0.6 is 11.6 Å². The van der Waals surface area contributed by atoms with E-state index in [-0.39, 0.29) is 0 Å². The van der Waals surface area contributed by atoms with Gasteiger partial charge in [0.15, 0.2) is 0 Å². The highest BCUT2D eigenvalue weighted by Gasteiger charge is 2.17. The molecule has 0 spiro atoms. The Hall–Kier alpha value is -1.48. The zero-order valence-electron chi connectivity index (χ0n) is 10.6. The van der Waals surface area contributed by atoms with Crippen molar-refractivity contribution in [1.82, 2.24) is 5.16 Å². The lowest BCUT2D eigenvalue weighted by atomic mass is 10.00. The van der Waals surface area contributed by atoms with Crippen LogP contribution in [0.5, 0.6) is 0 Å². The van der Waals surface area contributed by atoms with Crippen molar-refractivity contribution >= 4 is 17.5 Å². The van der Waals surface area contributed by atoms with Crippen molar-refractivity contribution in [3.63, 3.8) is 0 Å². The Kier molecular flexibility index (Phi) is 3.92. The van der Waals surface area contributed by atoms with E-state index in [2.05, 4.69) is 19.0 Å². The molecule has 1 aromatic carbocycles. The molecule has 2 N–H and O–H groups in total. The molecule has 0 amide bonds. The Bertz CT molecular complexity index is 534. The molecular formula is C14H17ClN2O. The highest BCUT2D eigenvalue weighted by Crippen LogP contribution is 2.35. The van der Waals surface area contributed by atoms with Gasteiger partial charge in [0.2, 0.25) is 5.88 Å². The maximum Gasteiger partial charge on any atom is 0.230 e. The zero-order valence-corrected chi connectivity index (χ0v) is 11.4. The fourth-order valence-corrected chi connectivity index (χ4v) is 2.12. The normalized spacial score (nSPS) is 11.1. The smallest absolute Gasteiger partial charge is 0.230 e. The summed E-state index contributed by atoms with van der Waals surface area (Å²) >= 11 is 6.20. The summed E-state index contributed by atoms with van der Waals surface area (Å²) in [5, 5.41) is 4.71. The fourth-order valence-electron chi connectivity index (χ4n) is 1.89. The minimum absolute atomic E-state index is 0.335. The molecule has 0 aliphatic rings. The van der Waals surface area contributed by atoms with Gasteiger partial charge in [0, 0.05) is 10.6 Å². The van der Waals surface area contributed by atoms with Crippen molar-refractivity contribution in [1.29, 1.82) is 0 Å². The van der Waals surface area contributed by atoms with Crippen LogP contribution in [0, 0.1) is 5.92 Å². The molecule has 1 aromatic heterocycles. The number of halogens is 1. The maximum absolute atomic E-state index is 6.20. The number of nitrogens with two attached hydrogens (primary N) is 1. The van der Waals surface area contributed by atoms with Crippen LogP contribution in [0.2, 0.25) is 5.02 Å². The Labute approximate surface area is 112 Å². The van der Waals surface area contributed by atoms with Gasteiger partial charge >= 0.3 is 0 Å². The van der Waals surface area contributed by atoms with Crippen molar-refractivity contribution < 1.29 is 4.52 Å². The summed E-state index contributed by atoms with van der Waals surface area (Å²) in [7, 11) is 0. The third-order valence-electron chi connectivity index (χ3n) is 2.89. The van der Waals surface area contributed by atoms with Gasteiger partial charge in [-0.05, 0) is 24.8 Å². The Morgan fingerprint density at radius 2 is 2.06 bits per heavy atom. The number of hydrogen-bond acceptors (Lipinski definition) is 3. The van der Waals surface area contributed by atoms with E-state index in [4.69, 9.17) is 21.9 Å². The Morgan fingerprint density at radius 3 is 2.72 bits per heavy atom. The van der Waals surface area contributed by atoms with Crippen LogP contribution < -0.4 is 5.73 Å². The predicted molar refractivity (Wildman–Crippen MR) is 74.5 cm³/mol. The van der Waals surface area contributed by atoms with Crippen molar-refractivity contribution in [3.05, 3.63) is 35.0 Å². The first-order valence-corrected chi connectivity index (χ1v) is 6.46. The van der Waals surface area contributed by atoms with Gasteiger partial charge in [0.1, 0.15) is 0 Å². The Morgan fingerprint density at radius 1 is 1.33 bits per heavy atom. The predicted octanol–water partition coefficient (Wildman–Crippen LogP) is 4.17. The molecule has 0 saturated carbocycles. The monoisotopic (exact) mass is 264 g/mol. The van der Waals surface area contributed by atoms with Gasteiger partial charge in [-0.15, -0.1) is 0 Å². The van der Waals surface area contributed by atoms with Gasteiger partial charge in [0.05, 0.1) is 11.3 Å². The lowest BCUT2D eigenvalue weighted by Crippen LogP contribution is -1.95. The highest BCUT2D eigenvalue weighted by molar-refractivity contribution is 6.33. The Balaban J connectivity index is 2.38. The summed E-state index contributed by atoms with van der Waals surface area (Å²) < 4.78 is 5.11. The summed E-state index contributed by atoms with van der Waals surface area (Å²) in [5.41, 5.74) is 8.46. The summed E-state index contributed by atoms with van der Waals surface area (Å²) in [6, 6.07) is 7.60. The number of nitrogen functional groups attached to an aromatic ring is 1. The summed E-state index contributed by atoms with van der Waals surface area (Å²) in [4.78, 5) is 0. The molecule has 1 heterocycles. The van der Waals surface area contributed by atoms with Gasteiger partial charge in [0.25, 0.3) is 0 Å². The second-order valence-electron chi connectivity index (χ2n) is 4.78. The molecule has 0 aliphatic heterocycles. The number of hydrogen-bond donors (Lipinski definition) is 1. The van der Waals surface area contributed by atoms with E-state index >= 15 is 0 Å². The molecule has 0 saturated heterocycles. The fraction of sp³-hybridized carbons (Fsp3) is 0.357. The van der Waals surface area contributed by atoms with Crippen LogP contribution in [0.25, 0.3) is 11.1 Å². The first-order chi connectivity index (χ1) is 8.59. The molecule has 18 heavy (non-hydrogen) atoms. The molecule has 96 valence electrons. The molecule has 3 nitrogen and oxygen atoms in total. The average molecular weight is 265 g/mol. The van der Waals surface area contributed by atoms with Crippen molar-refractivity contribution in [2.24, 2.45) is 5.92 Å². The van der Waals surface area contributed by atoms with Crippen molar-refractivity contribution in [2.45, 2.75) is 26.7 Å². The third-order valence-corrected chi connectivity index (χ3v) is 3.22. The van der Waals surface area contributed by atoms with Crippen LogP contribution in [0.3, 0.4) is 0 Å². The van der Waals surface area contributed by atoms with E-state index in [1.54, 1.807) is 0 Å². The van der Waals surface area contributed by atoms with E-state index in [9.17, 15) is 0 Å². The van der Waals surface area contributed by atoms with Crippen LogP contribution in [0.1, 0.15) is 26.0 Å². The lowest BCUT2D eigenvalue weighted by Gasteiger charge is -2.06.